The van der Waals surface area contributed by atoms with Crippen molar-refractivity contribution in [2.75, 3.05) is 7.11 Å². The summed E-state index contributed by atoms with van der Waals surface area (Å²) in [5.74, 6) is 2.16. The minimum atomic E-state index is -0.339. The van der Waals surface area contributed by atoms with Crippen molar-refractivity contribution in [1.29, 1.82) is 0 Å². The summed E-state index contributed by atoms with van der Waals surface area (Å²) < 4.78 is 13.7. The third-order valence-corrected chi connectivity index (χ3v) is 6.97. The van der Waals surface area contributed by atoms with Gasteiger partial charge in [-0.05, 0) is 63.3 Å². The topological polar surface area (TPSA) is 65.7 Å². The molecular weight excluding hydrogens is 450 g/mol. The fraction of sp³-hybridized carbons (Fsp3) is 0.300. The van der Waals surface area contributed by atoms with E-state index in [0.29, 0.717) is 5.82 Å². The average Bonchev–Trinajstić information content (AvgIpc) is 3.17. The Morgan fingerprint density at radius 2 is 1.83 bits per heavy atom. The van der Waals surface area contributed by atoms with Crippen molar-refractivity contribution in [3.63, 3.8) is 0 Å². The van der Waals surface area contributed by atoms with Gasteiger partial charge in [0.2, 0.25) is 0 Å². The summed E-state index contributed by atoms with van der Waals surface area (Å²) in [4.78, 5) is 22.9. The van der Waals surface area contributed by atoms with Gasteiger partial charge in [0.1, 0.15) is 11.4 Å². The molecule has 2 aromatic heterocycles. The van der Waals surface area contributed by atoms with Crippen LogP contribution in [0.1, 0.15) is 49.9 Å². The number of hydrogen-bond acceptors (Lipinski definition) is 5. The van der Waals surface area contributed by atoms with Gasteiger partial charge in [0.15, 0.2) is 11.5 Å². The first-order chi connectivity index (χ1) is 17.2. The number of nitrogens with zero attached hydrogens (tertiary/aromatic N) is 3. The van der Waals surface area contributed by atoms with Gasteiger partial charge in [-0.3, -0.25) is 14.4 Å². The van der Waals surface area contributed by atoms with Crippen molar-refractivity contribution in [2.45, 2.75) is 51.7 Å². The summed E-state index contributed by atoms with van der Waals surface area (Å²) in [5.41, 5.74) is 4.34. The minimum absolute atomic E-state index is 0.136. The van der Waals surface area contributed by atoms with Gasteiger partial charge in [-0.15, -0.1) is 0 Å². The zero-order valence-electron chi connectivity index (χ0n) is 21.3. The maximum absolute atomic E-state index is 13.1. The lowest BCUT2D eigenvalue weighted by Gasteiger charge is -2.31. The molecule has 0 aliphatic carbocycles. The SMILES string of the molecule is COc1cc2c(c3c1OC(C)(C)C3)C(c1ccc(=O)n(-c3nccc4ccccc34)c1)=NC(C)(C)C2. The van der Waals surface area contributed by atoms with E-state index < -0.39 is 0 Å². The second-order valence-corrected chi connectivity index (χ2v) is 10.9. The number of benzene rings is 2. The normalized spacial score (nSPS) is 17.2. The van der Waals surface area contributed by atoms with E-state index >= 15 is 0 Å². The highest BCUT2D eigenvalue weighted by Crippen LogP contribution is 2.47. The molecule has 182 valence electrons. The molecular formula is C30H29N3O3. The number of hydrogen-bond donors (Lipinski definition) is 0. The molecule has 6 rings (SSSR count). The molecule has 0 N–H and O–H groups in total. The van der Waals surface area contributed by atoms with Crippen LogP contribution in [0.5, 0.6) is 11.5 Å². The minimum Gasteiger partial charge on any atom is -0.493 e. The zero-order valence-corrected chi connectivity index (χ0v) is 21.3. The Morgan fingerprint density at radius 1 is 1.03 bits per heavy atom. The lowest BCUT2D eigenvalue weighted by molar-refractivity contribution is 0.134. The van der Waals surface area contributed by atoms with Crippen LogP contribution in [0.25, 0.3) is 16.6 Å². The Bertz CT molecular complexity index is 1620. The molecule has 0 spiro atoms. The van der Waals surface area contributed by atoms with E-state index in [-0.39, 0.29) is 16.7 Å². The van der Waals surface area contributed by atoms with Gasteiger partial charge in [0.25, 0.3) is 5.56 Å². The smallest absolute Gasteiger partial charge is 0.256 e. The lowest BCUT2D eigenvalue weighted by atomic mass is 9.81. The summed E-state index contributed by atoms with van der Waals surface area (Å²) >= 11 is 0. The van der Waals surface area contributed by atoms with Crippen LogP contribution < -0.4 is 15.0 Å². The fourth-order valence-corrected chi connectivity index (χ4v) is 5.52. The largest absolute Gasteiger partial charge is 0.493 e. The Labute approximate surface area is 210 Å². The lowest BCUT2D eigenvalue weighted by Crippen LogP contribution is -2.31. The van der Waals surface area contributed by atoms with Gasteiger partial charge in [-0.2, -0.15) is 0 Å². The summed E-state index contributed by atoms with van der Waals surface area (Å²) in [6, 6.07) is 15.5. The molecule has 2 aromatic carbocycles. The van der Waals surface area contributed by atoms with Crippen molar-refractivity contribution in [1.82, 2.24) is 9.55 Å². The van der Waals surface area contributed by atoms with Gasteiger partial charge >= 0.3 is 0 Å². The van der Waals surface area contributed by atoms with E-state index in [1.165, 1.54) is 5.56 Å². The van der Waals surface area contributed by atoms with Gasteiger partial charge in [0, 0.05) is 47.0 Å². The summed E-state index contributed by atoms with van der Waals surface area (Å²) in [7, 11) is 1.69. The zero-order chi connectivity index (χ0) is 25.2. The van der Waals surface area contributed by atoms with Gasteiger partial charge in [-0.1, -0.05) is 24.3 Å². The van der Waals surface area contributed by atoms with Crippen molar-refractivity contribution < 1.29 is 9.47 Å². The van der Waals surface area contributed by atoms with Crippen LogP contribution in [0.3, 0.4) is 0 Å². The first-order valence-electron chi connectivity index (χ1n) is 12.2. The monoisotopic (exact) mass is 479 g/mol. The quantitative estimate of drug-likeness (QED) is 0.401. The molecule has 6 heteroatoms. The molecule has 2 aliphatic heterocycles. The van der Waals surface area contributed by atoms with E-state index in [4.69, 9.17) is 14.5 Å². The Kier molecular flexibility index (Phi) is 4.87. The number of rotatable bonds is 3. The molecule has 0 fully saturated rings. The molecule has 0 saturated carbocycles. The standard InChI is InChI=1S/C30H29N3O3/c1-29(2)15-20-14-23(35-5)27-22(16-30(3,4)36-27)25(20)26(32-29)19-10-11-24(34)33(17-19)28-21-9-7-6-8-18(21)12-13-31-28/h6-14,17H,15-16H2,1-5H3. The van der Waals surface area contributed by atoms with E-state index in [0.717, 1.165) is 57.5 Å². The highest BCUT2D eigenvalue weighted by molar-refractivity contribution is 6.16. The van der Waals surface area contributed by atoms with E-state index in [1.54, 1.807) is 23.9 Å². The maximum atomic E-state index is 13.1. The molecule has 0 atom stereocenters. The average molecular weight is 480 g/mol. The van der Waals surface area contributed by atoms with E-state index in [2.05, 4.69) is 38.7 Å². The molecule has 6 nitrogen and oxygen atoms in total. The van der Waals surface area contributed by atoms with Gasteiger partial charge in [-0.25, -0.2) is 4.98 Å². The van der Waals surface area contributed by atoms with Crippen LogP contribution in [0.4, 0.5) is 0 Å². The molecule has 0 saturated heterocycles. The Hall–Kier alpha value is -3.93. The van der Waals surface area contributed by atoms with Crippen molar-refractivity contribution in [2.24, 2.45) is 4.99 Å². The molecule has 0 bridgehead atoms. The molecule has 2 aliphatic rings. The van der Waals surface area contributed by atoms with Gasteiger partial charge < -0.3 is 9.47 Å². The van der Waals surface area contributed by atoms with Crippen molar-refractivity contribution in [3.8, 4) is 17.3 Å². The maximum Gasteiger partial charge on any atom is 0.256 e. The van der Waals surface area contributed by atoms with E-state index in [1.807, 2.05) is 42.6 Å². The number of ether oxygens (including phenoxy) is 2. The second kappa shape index (κ2) is 7.79. The first-order valence-corrected chi connectivity index (χ1v) is 12.2. The molecule has 0 unspecified atom stereocenters. The number of pyridine rings is 2. The van der Waals surface area contributed by atoms with Crippen LogP contribution >= 0.6 is 0 Å². The molecule has 36 heavy (non-hydrogen) atoms. The predicted octanol–water partition coefficient (Wildman–Crippen LogP) is 5.28. The molecule has 4 aromatic rings. The highest BCUT2D eigenvalue weighted by Gasteiger charge is 2.39. The van der Waals surface area contributed by atoms with Crippen LogP contribution in [0.2, 0.25) is 0 Å². The van der Waals surface area contributed by atoms with Crippen LogP contribution in [0.15, 0.2) is 70.7 Å². The van der Waals surface area contributed by atoms with Crippen molar-refractivity contribution >= 4 is 16.5 Å². The van der Waals surface area contributed by atoms with Crippen molar-refractivity contribution in [3.05, 3.63) is 93.5 Å². The Balaban J connectivity index is 1.59. The summed E-state index contributed by atoms with van der Waals surface area (Å²) in [6.45, 7) is 8.46. The molecule has 4 heterocycles. The molecule has 0 radical (unpaired) electrons. The molecule has 0 amide bonds. The Morgan fingerprint density at radius 3 is 2.64 bits per heavy atom. The third-order valence-electron chi connectivity index (χ3n) is 6.97. The first kappa shape index (κ1) is 22.5. The second-order valence-electron chi connectivity index (χ2n) is 10.9. The summed E-state index contributed by atoms with van der Waals surface area (Å²) in [6.07, 6.45) is 5.16. The predicted molar refractivity (Wildman–Crippen MR) is 142 cm³/mol. The number of fused-ring (bicyclic) bond motifs is 4. The third kappa shape index (κ3) is 3.60. The fourth-order valence-electron chi connectivity index (χ4n) is 5.52. The van der Waals surface area contributed by atoms with E-state index in [9.17, 15) is 4.79 Å². The van der Waals surface area contributed by atoms with Crippen LogP contribution in [-0.4, -0.2) is 33.5 Å². The number of aromatic nitrogens is 2. The highest BCUT2D eigenvalue weighted by atomic mass is 16.5. The van der Waals surface area contributed by atoms with Crippen LogP contribution in [0, 0.1) is 0 Å². The van der Waals surface area contributed by atoms with Gasteiger partial charge in [0.05, 0.1) is 18.4 Å². The number of aliphatic imine (C=N–C) groups is 1. The summed E-state index contributed by atoms with van der Waals surface area (Å²) in [5, 5.41) is 1.96. The van der Waals surface area contributed by atoms with Crippen LogP contribution in [-0.2, 0) is 12.8 Å². The number of methoxy groups -OCH3 is 1.